The van der Waals surface area contributed by atoms with Crippen LogP contribution >= 0.6 is 0 Å². The average molecular weight is 349 g/mol. The highest BCUT2D eigenvalue weighted by Gasteiger charge is 2.24. The van der Waals surface area contributed by atoms with Crippen molar-refractivity contribution < 1.29 is 4.74 Å². The summed E-state index contributed by atoms with van der Waals surface area (Å²) in [6, 6.07) is 10.9. The van der Waals surface area contributed by atoms with Crippen molar-refractivity contribution >= 4 is 0 Å². The molecule has 0 radical (unpaired) electrons. The zero-order valence-electron chi connectivity index (χ0n) is 14.9. The fourth-order valence-electron chi connectivity index (χ4n) is 3.62. The van der Waals surface area contributed by atoms with E-state index in [1.165, 1.54) is 16.8 Å². The molecule has 1 aliphatic heterocycles. The molecule has 0 amide bonds. The van der Waals surface area contributed by atoms with Crippen LogP contribution < -0.4 is 4.74 Å². The molecule has 1 aliphatic rings. The van der Waals surface area contributed by atoms with E-state index in [0.717, 1.165) is 38.0 Å². The van der Waals surface area contributed by atoms with Crippen molar-refractivity contribution in [2.24, 2.45) is 0 Å². The summed E-state index contributed by atoms with van der Waals surface area (Å²) < 4.78 is 5.02. The summed E-state index contributed by atoms with van der Waals surface area (Å²) in [4.78, 5) is 10.8. The van der Waals surface area contributed by atoms with Crippen LogP contribution in [0.15, 0.2) is 48.9 Å². The molecule has 1 fully saturated rings. The minimum Gasteiger partial charge on any atom is -0.467 e. The lowest BCUT2D eigenvalue weighted by atomic mass is 9.89. The first kappa shape index (κ1) is 16.7. The van der Waals surface area contributed by atoms with Gasteiger partial charge in [-0.1, -0.05) is 30.3 Å². The molecule has 26 heavy (non-hydrogen) atoms. The summed E-state index contributed by atoms with van der Waals surface area (Å²) >= 11 is 0. The van der Waals surface area contributed by atoms with Crippen LogP contribution in [0.3, 0.4) is 0 Å². The molecule has 6 nitrogen and oxygen atoms in total. The molecular weight excluding hydrogens is 326 g/mol. The lowest BCUT2D eigenvalue weighted by Crippen LogP contribution is -2.32. The van der Waals surface area contributed by atoms with E-state index in [9.17, 15) is 0 Å². The summed E-state index contributed by atoms with van der Waals surface area (Å²) in [7, 11) is 1.58. The van der Waals surface area contributed by atoms with Crippen LogP contribution in [0.1, 0.15) is 30.0 Å². The van der Waals surface area contributed by atoms with Crippen LogP contribution in [-0.4, -0.2) is 45.3 Å². The maximum absolute atomic E-state index is 5.02. The minimum atomic E-state index is 0.417. The van der Waals surface area contributed by atoms with Crippen molar-refractivity contribution in [2.45, 2.75) is 25.3 Å². The van der Waals surface area contributed by atoms with Gasteiger partial charge in [-0.3, -0.25) is 10.00 Å². The Balaban J connectivity index is 1.39. The number of aromatic amines is 1. The fraction of sp³-hybridized carbons (Fsp3) is 0.350. The van der Waals surface area contributed by atoms with E-state index < -0.39 is 0 Å². The van der Waals surface area contributed by atoms with Crippen molar-refractivity contribution in [3.05, 3.63) is 60.2 Å². The van der Waals surface area contributed by atoms with Crippen LogP contribution in [0.2, 0.25) is 0 Å². The van der Waals surface area contributed by atoms with E-state index in [4.69, 9.17) is 4.74 Å². The van der Waals surface area contributed by atoms with Gasteiger partial charge in [-0.25, -0.2) is 9.97 Å². The van der Waals surface area contributed by atoms with Crippen LogP contribution in [0, 0.1) is 0 Å². The molecule has 1 saturated heterocycles. The molecule has 0 aliphatic carbocycles. The Labute approximate surface area is 153 Å². The van der Waals surface area contributed by atoms with Crippen LogP contribution in [0.4, 0.5) is 0 Å². The van der Waals surface area contributed by atoms with E-state index in [0.29, 0.717) is 11.9 Å². The Morgan fingerprint density at radius 2 is 1.81 bits per heavy atom. The van der Waals surface area contributed by atoms with Gasteiger partial charge >= 0.3 is 6.01 Å². The second-order valence-corrected chi connectivity index (χ2v) is 6.69. The van der Waals surface area contributed by atoms with E-state index >= 15 is 0 Å². The number of aromatic nitrogens is 4. The van der Waals surface area contributed by atoms with Crippen molar-refractivity contribution in [3.8, 4) is 17.1 Å². The lowest BCUT2D eigenvalue weighted by Gasteiger charge is -2.31. The van der Waals surface area contributed by atoms with Gasteiger partial charge in [0.2, 0.25) is 0 Å². The third kappa shape index (κ3) is 3.60. The zero-order chi connectivity index (χ0) is 17.8. The highest BCUT2D eigenvalue weighted by atomic mass is 16.5. The smallest absolute Gasteiger partial charge is 0.316 e. The Bertz CT molecular complexity index is 823. The van der Waals surface area contributed by atoms with Crippen molar-refractivity contribution in [1.82, 2.24) is 25.1 Å². The fourth-order valence-corrected chi connectivity index (χ4v) is 3.62. The molecule has 0 saturated carbocycles. The van der Waals surface area contributed by atoms with E-state index in [-0.39, 0.29) is 0 Å². The molecule has 1 aromatic carbocycles. The van der Waals surface area contributed by atoms with E-state index in [1.54, 1.807) is 7.11 Å². The van der Waals surface area contributed by atoms with Gasteiger partial charge in [0.05, 0.1) is 13.3 Å². The Kier molecular flexibility index (Phi) is 4.93. The summed E-state index contributed by atoms with van der Waals surface area (Å²) in [5.41, 5.74) is 4.85. The molecule has 3 heterocycles. The van der Waals surface area contributed by atoms with Gasteiger partial charge in [0.25, 0.3) is 0 Å². The number of nitrogens with one attached hydrogen (secondary N) is 1. The molecular formula is C20H23N5O. The van der Waals surface area contributed by atoms with Crippen LogP contribution in [-0.2, 0) is 6.54 Å². The van der Waals surface area contributed by atoms with Crippen molar-refractivity contribution in [2.75, 3.05) is 20.2 Å². The molecule has 1 N–H and O–H groups in total. The molecule has 0 bridgehead atoms. The zero-order valence-corrected chi connectivity index (χ0v) is 14.9. The molecule has 0 atom stereocenters. The number of hydrogen-bond donors (Lipinski definition) is 1. The molecule has 3 aromatic rings. The molecule has 6 heteroatoms. The van der Waals surface area contributed by atoms with Crippen molar-refractivity contribution in [3.63, 3.8) is 0 Å². The molecule has 0 unspecified atom stereocenters. The van der Waals surface area contributed by atoms with Crippen LogP contribution in [0.5, 0.6) is 6.01 Å². The molecule has 4 rings (SSSR count). The topological polar surface area (TPSA) is 66.9 Å². The van der Waals surface area contributed by atoms with E-state index in [2.05, 4.69) is 49.3 Å². The normalized spacial score (nSPS) is 15.9. The van der Waals surface area contributed by atoms with Gasteiger partial charge in [-0.2, -0.15) is 5.10 Å². The van der Waals surface area contributed by atoms with E-state index in [1.807, 2.05) is 24.7 Å². The number of ether oxygens (including phenoxy) is 1. The second-order valence-electron chi connectivity index (χ2n) is 6.69. The number of methoxy groups -OCH3 is 1. The first-order valence-electron chi connectivity index (χ1n) is 8.99. The largest absolute Gasteiger partial charge is 0.467 e. The predicted octanol–water partition coefficient (Wildman–Crippen LogP) is 3.25. The number of likely N-dealkylation sites (tertiary alicyclic amines) is 1. The summed E-state index contributed by atoms with van der Waals surface area (Å²) in [5, 5.41) is 7.56. The number of rotatable bonds is 5. The van der Waals surface area contributed by atoms with Crippen LogP contribution in [0.25, 0.3) is 11.1 Å². The summed E-state index contributed by atoms with van der Waals surface area (Å²) in [6.07, 6.45) is 7.89. The molecule has 2 aromatic heterocycles. The highest BCUT2D eigenvalue weighted by molar-refractivity contribution is 5.65. The molecule has 134 valence electrons. The predicted molar refractivity (Wildman–Crippen MR) is 99.9 cm³/mol. The first-order chi connectivity index (χ1) is 12.8. The maximum Gasteiger partial charge on any atom is 0.316 e. The van der Waals surface area contributed by atoms with Gasteiger partial charge in [0.1, 0.15) is 0 Å². The number of nitrogens with zero attached hydrogens (tertiary/aromatic N) is 4. The number of benzene rings is 1. The summed E-state index contributed by atoms with van der Waals surface area (Å²) in [5.74, 6) is 0.524. The van der Waals surface area contributed by atoms with Gasteiger partial charge in [0, 0.05) is 41.7 Å². The quantitative estimate of drug-likeness (QED) is 0.766. The first-order valence-corrected chi connectivity index (χ1v) is 8.99. The highest BCUT2D eigenvalue weighted by Crippen LogP contribution is 2.34. The van der Waals surface area contributed by atoms with Gasteiger partial charge in [-0.15, -0.1) is 0 Å². The Morgan fingerprint density at radius 3 is 2.50 bits per heavy atom. The SMILES string of the molecule is COc1ncc(CN2CCC(c3[nH]ncc3-c3ccccc3)CC2)cn1. The third-order valence-electron chi connectivity index (χ3n) is 5.02. The summed E-state index contributed by atoms with van der Waals surface area (Å²) in [6.45, 7) is 3.00. The second kappa shape index (κ2) is 7.66. The maximum atomic E-state index is 5.02. The number of piperidine rings is 1. The number of hydrogen-bond acceptors (Lipinski definition) is 5. The Hall–Kier alpha value is -2.73. The van der Waals surface area contributed by atoms with Gasteiger partial charge in [-0.05, 0) is 31.5 Å². The number of H-pyrrole nitrogens is 1. The van der Waals surface area contributed by atoms with Crippen molar-refractivity contribution in [1.29, 1.82) is 0 Å². The third-order valence-corrected chi connectivity index (χ3v) is 5.02. The Morgan fingerprint density at radius 1 is 1.08 bits per heavy atom. The minimum absolute atomic E-state index is 0.417. The average Bonchev–Trinajstić information content (AvgIpc) is 3.20. The standard InChI is InChI=1S/C20H23N5O/c1-26-20-21-11-15(12-22-20)14-25-9-7-17(8-10-25)19-18(13-23-24-19)16-5-3-2-4-6-16/h2-6,11-13,17H,7-10,14H2,1H3,(H,23,24). The lowest BCUT2D eigenvalue weighted by molar-refractivity contribution is 0.203. The molecule has 0 spiro atoms. The van der Waals surface area contributed by atoms with Gasteiger partial charge in [0.15, 0.2) is 0 Å². The van der Waals surface area contributed by atoms with Gasteiger partial charge < -0.3 is 4.74 Å². The monoisotopic (exact) mass is 349 g/mol.